The highest BCUT2D eigenvalue weighted by atomic mass is 16.3. The van der Waals surface area contributed by atoms with Gasteiger partial charge in [-0.2, -0.15) is 0 Å². The van der Waals surface area contributed by atoms with Crippen molar-refractivity contribution in [1.29, 1.82) is 0 Å². The Bertz CT molecular complexity index is 1060. The van der Waals surface area contributed by atoms with Crippen molar-refractivity contribution in [3.63, 3.8) is 0 Å². The maximum Gasteiger partial charge on any atom is 0.332 e. The molecule has 0 spiro atoms. The number of aliphatic hydroxyl groups is 2. The van der Waals surface area contributed by atoms with E-state index in [0.717, 1.165) is 15.7 Å². The number of aryl methyl sites for hydroxylation is 2. The summed E-state index contributed by atoms with van der Waals surface area (Å²) in [5, 5.41) is 26.3. The van der Waals surface area contributed by atoms with Gasteiger partial charge in [-0.25, -0.2) is 14.5 Å². The topological polar surface area (TPSA) is 133 Å². The van der Waals surface area contributed by atoms with Crippen LogP contribution in [0, 0.1) is 0 Å². The molecule has 1 unspecified atom stereocenters. The average Bonchev–Trinajstić information content (AvgIpc) is 3.22. The molecule has 0 saturated carbocycles. The van der Waals surface area contributed by atoms with Crippen molar-refractivity contribution in [2.75, 3.05) is 6.61 Å². The van der Waals surface area contributed by atoms with Crippen molar-refractivity contribution in [3.8, 4) is 11.5 Å². The second kappa shape index (κ2) is 5.11. The Morgan fingerprint density at radius 2 is 2.04 bits per heavy atom. The van der Waals surface area contributed by atoms with E-state index in [-0.39, 0.29) is 11.2 Å². The van der Waals surface area contributed by atoms with Crippen molar-refractivity contribution in [1.82, 2.24) is 33.7 Å². The van der Waals surface area contributed by atoms with E-state index in [2.05, 4.69) is 15.3 Å². The normalized spacial score (nSPS) is 15.1. The maximum absolute atomic E-state index is 12.4. The van der Waals surface area contributed by atoms with Crippen molar-refractivity contribution in [2.24, 2.45) is 7.05 Å². The van der Waals surface area contributed by atoms with Gasteiger partial charge in [-0.1, -0.05) is 5.21 Å². The van der Waals surface area contributed by atoms with Crippen LogP contribution >= 0.6 is 0 Å². The molecule has 126 valence electrons. The first-order valence-electron chi connectivity index (χ1n) is 7.44. The van der Waals surface area contributed by atoms with Crippen LogP contribution in [-0.2, 0) is 20.1 Å². The second-order valence-corrected chi connectivity index (χ2v) is 5.66. The molecule has 2 N–H and O–H groups in total. The molecule has 0 bridgehead atoms. The molecular weight excluding hydrogens is 318 g/mol. The predicted molar refractivity (Wildman–Crippen MR) is 81.2 cm³/mol. The summed E-state index contributed by atoms with van der Waals surface area (Å²) in [4.78, 5) is 29.0. The van der Waals surface area contributed by atoms with Crippen LogP contribution in [0.15, 0.2) is 15.8 Å². The van der Waals surface area contributed by atoms with Gasteiger partial charge in [-0.15, -0.1) is 5.10 Å². The number of imidazole rings is 1. The van der Waals surface area contributed by atoms with Gasteiger partial charge in [0.15, 0.2) is 23.2 Å². The van der Waals surface area contributed by atoms with Crippen LogP contribution in [0.3, 0.4) is 0 Å². The summed E-state index contributed by atoms with van der Waals surface area (Å²) in [6.45, 7) is 0.609. The Morgan fingerprint density at radius 1 is 1.29 bits per heavy atom. The quantitative estimate of drug-likeness (QED) is 0.568. The van der Waals surface area contributed by atoms with E-state index in [1.165, 1.54) is 17.8 Å². The second-order valence-electron chi connectivity index (χ2n) is 5.66. The summed E-state index contributed by atoms with van der Waals surface area (Å²) in [5.41, 5.74) is 0.183. The first-order chi connectivity index (χ1) is 11.5. The Balaban J connectivity index is 2.00. The first kappa shape index (κ1) is 14.8. The summed E-state index contributed by atoms with van der Waals surface area (Å²) in [6, 6.07) is 0. The summed E-state index contributed by atoms with van der Waals surface area (Å²) < 4.78 is 5.45. The smallest absolute Gasteiger partial charge is 0.332 e. The van der Waals surface area contributed by atoms with Crippen LogP contribution in [-0.4, -0.2) is 50.5 Å². The number of hydrogen-bond acceptors (Lipinski definition) is 7. The van der Waals surface area contributed by atoms with Gasteiger partial charge in [-0.05, 0) is 6.42 Å². The third-order valence-electron chi connectivity index (χ3n) is 4.19. The van der Waals surface area contributed by atoms with Gasteiger partial charge in [0.1, 0.15) is 5.69 Å². The molecule has 24 heavy (non-hydrogen) atoms. The van der Waals surface area contributed by atoms with Gasteiger partial charge in [-0.3, -0.25) is 13.9 Å². The Hall–Kier alpha value is -2.79. The molecule has 0 radical (unpaired) electrons. The van der Waals surface area contributed by atoms with E-state index in [4.69, 9.17) is 5.11 Å². The lowest BCUT2D eigenvalue weighted by molar-refractivity contribution is 0.0280. The molecule has 4 rings (SSSR count). The first-order valence-corrected chi connectivity index (χ1v) is 7.44. The minimum absolute atomic E-state index is 0.198. The van der Waals surface area contributed by atoms with Crippen LogP contribution in [0.1, 0.15) is 12.6 Å². The molecule has 0 fully saturated rings. The highest BCUT2D eigenvalue weighted by molar-refractivity contribution is 5.76. The van der Waals surface area contributed by atoms with Gasteiger partial charge in [0, 0.05) is 20.1 Å². The summed E-state index contributed by atoms with van der Waals surface area (Å²) in [7, 11) is 1.43. The molecule has 4 heterocycles. The molecule has 1 aliphatic rings. The minimum atomic E-state index is -1.21. The van der Waals surface area contributed by atoms with Crippen molar-refractivity contribution >= 4 is 11.2 Å². The van der Waals surface area contributed by atoms with E-state index < -0.39 is 18.4 Å². The Kier molecular flexibility index (Phi) is 3.15. The fourth-order valence-electron chi connectivity index (χ4n) is 2.98. The van der Waals surface area contributed by atoms with Crippen molar-refractivity contribution in [2.45, 2.75) is 25.7 Å². The lowest BCUT2D eigenvalue weighted by Crippen LogP contribution is -2.40. The fraction of sp³-hybridized carbons (Fsp3) is 0.462. The summed E-state index contributed by atoms with van der Waals surface area (Å²) in [6.07, 6.45) is 0.951. The minimum Gasteiger partial charge on any atom is -0.392 e. The highest BCUT2D eigenvalue weighted by Gasteiger charge is 2.25. The van der Waals surface area contributed by atoms with Gasteiger partial charge in [0.2, 0.25) is 0 Å². The third-order valence-corrected chi connectivity index (χ3v) is 4.19. The van der Waals surface area contributed by atoms with Gasteiger partial charge in [0.25, 0.3) is 5.56 Å². The molecular formula is C13H15N7O4. The number of aromatic nitrogens is 7. The van der Waals surface area contributed by atoms with Crippen LogP contribution in [0.5, 0.6) is 0 Å². The standard InChI is InChI=1S/C13H15N7O4/c1-17-12(23)9-11-18(3-2-4-19(11)13(17)24)10(14-9)7-5-20(16-15-7)8(22)6-21/h5,8,21-22H,2-4,6H2,1H3. The molecule has 0 aliphatic carbocycles. The van der Waals surface area contributed by atoms with Crippen LogP contribution in [0.25, 0.3) is 22.7 Å². The number of nitrogens with zero attached hydrogens (tertiary/aromatic N) is 7. The number of hydrogen-bond donors (Lipinski definition) is 2. The van der Waals surface area contributed by atoms with Crippen LogP contribution in [0.4, 0.5) is 0 Å². The summed E-state index contributed by atoms with van der Waals surface area (Å²) >= 11 is 0. The molecule has 11 nitrogen and oxygen atoms in total. The van der Waals surface area contributed by atoms with E-state index in [9.17, 15) is 14.7 Å². The molecule has 0 saturated heterocycles. The zero-order valence-corrected chi connectivity index (χ0v) is 12.8. The van der Waals surface area contributed by atoms with Crippen LogP contribution in [0.2, 0.25) is 0 Å². The van der Waals surface area contributed by atoms with E-state index in [1.54, 1.807) is 4.57 Å². The largest absolute Gasteiger partial charge is 0.392 e. The monoisotopic (exact) mass is 333 g/mol. The molecule has 1 aliphatic heterocycles. The Labute approximate surface area is 134 Å². The highest BCUT2D eigenvalue weighted by Crippen LogP contribution is 2.24. The van der Waals surface area contributed by atoms with Crippen LogP contribution < -0.4 is 11.2 Å². The number of aliphatic hydroxyl groups excluding tert-OH is 2. The summed E-state index contributed by atoms with van der Waals surface area (Å²) in [5.74, 6) is 0.400. The predicted octanol–water partition coefficient (Wildman–Crippen LogP) is -1.96. The third kappa shape index (κ3) is 1.88. The molecule has 1 atom stereocenters. The molecule has 0 amide bonds. The Morgan fingerprint density at radius 3 is 2.79 bits per heavy atom. The zero-order chi connectivity index (χ0) is 17.0. The molecule has 3 aromatic rings. The molecule has 0 aromatic carbocycles. The average molecular weight is 333 g/mol. The van der Waals surface area contributed by atoms with Gasteiger partial charge in [0.05, 0.1) is 12.8 Å². The van der Waals surface area contributed by atoms with Gasteiger partial charge >= 0.3 is 5.69 Å². The lowest BCUT2D eigenvalue weighted by atomic mass is 10.3. The molecule has 3 aromatic heterocycles. The fourth-order valence-corrected chi connectivity index (χ4v) is 2.98. The molecule has 11 heteroatoms. The zero-order valence-electron chi connectivity index (χ0n) is 12.8. The maximum atomic E-state index is 12.4. The van der Waals surface area contributed by atoms with Gasteiger partial charge < -0.3 is 14.8 Å². The van der Waals surface area contributed by atoms with Crippen molar-refractivity contribution in [3.05, 3.63) is 27.0 Å². The lowest BCUT2D eigenvalue weighted by Gasteiger charge is -2.18. The van der Waals surface area contributed by atoms with Crippen molar-refractivity contribution < 1.29 is 10.2 Å². The van der Waals surface area contributed by atoms with E-state index in [1.807, 2.05) is 0 Å². The SMILES string of the molecule is Cn1c(=O)c2nc(-c3cn(C(O)CO)nn3)n3c2n(c1=O)CCC3. The number of rotatable bonds is 3. The van der Waals surface area contributed by atoms with E-state index >= 15 is 0 Å². The van der Waals surface area contributed by atoms with E-state index in [0.29, 0.717) is 30.3 Å².